The Morgan fingerprint density at radius 1 is 1.17 bits per heavy atom. The molecule has 1 aliphatic rings. The fourth-order valence-electron chi connectivity index (χ4n) is 2.10. The van der Waals surface area contributed by atoms with Gasteiger partial charge in [0.25, 0.3) is 11.8 Å². The molecule has 0 radical (unpaired) electrons. The van der Waals surface area contributed by atoms with Crippen LogP contribution in [0.2, 0.25) is 0 Å². The standard InChI is InChI=1S/C16H16N2O5/c1-4-7-18-15(20)11(14(19)17-16(18)21)8-10-5-6-12(22-2)13(9-10)23-3/h4-6,8-9H,1,7H2,2-3H3,(H,17,19,21)/b11-8-. The van der Waals surface area contributed by atoms with Crippen LogP contribution in [0.4, 0.5) is 4.79 Å². The number of carbonyl (C=O) groups excluding carboxylic acids is 3. The van der Waals surface area contributed by atoms with Crippen LogP contribution in [0.25, 0.3) is 6.08 Å². The number of hydrogen-bond acceptors (Lipinski definition) is 5. The van der Waals surface area contributed by atoms with E-state index in [1.54, 1.807) is 18.2 Å². The molecule has 7 heteroatoms. The molecule has 1 aromatic carbocycles. The molecule has 7 nitrogen and oxygen atoms in total. The highest BCUT2D eigenvalue weighted by atomic mass is 16.5. The highest BCUT2D eigenvalue weighted by Crippen LogP contribution is 2.28. The van der Waals surface area contributed by atoms with Gasteiger partial charge in [-0.25, -0.2) is 4.79 Å². The monoisotopic (exact) mass is 316 g/mol. The van der Waals surface area contributed by atoms with Crippen LogP contribution in [-0.4, -0.2) is 43.5 Å². The fraction of sp³-hybridized carbons (Fsp3) is 0.188. The molecule has 0 aliphatic carbocycles. The number of carbonyl (C=O) groups is 3. The Bertz CT molecular complexity index is 708. The third-order valence-electron chi connectivity index (χ3n) is 3.22. The van der Waals surface area contributed by atoms with Crippen LogP contribution in [0.5, 0.6) is 11.5 Å². The van der Waals surface area contributed by atoms with Crippen molar-refractivity contribution in [3.63, 3.8) is 0 Å². The molecule has 1 aromatic rings. The van der Waals surface area contributed by atoms with Gasteiger partial charge in [-0.15, -0.1) is 6.58 Å². The first kappa shape index (κ1) is 16.3. The summed E-state index contributed by atoms with van der Waals surface area (Å²) in [6.45, 7) is 3.50. The third-order valence-corrected chi connectivity index (χ3v) is 3.22. The van der Waals surface area contributed by atoms with Crippen LogP contribution >= 0.6 is 0 Å². The first-order chi connectivity index (χ1) is 11.0. The Kier molecular flexibility index (Phi) is 4.80. The Balaban J connectivity index is 2.40. The summed E-state index contributed by atoms with van der Waals surface area (Å²) >= 11 is 0. The molecular formula is C16H16N2O5. The van der Waals surface area contributed by atoms with Crippen molar-refractivity contribution in [3.8, 4) is 11.5 Å². The summed E-state index contributed by atoms with van der Waals surface area (Å²) in [4.78, 5) is 36.8. The molecule has 120 valence electrons. The van der Waals surface area contributed by atoms with Crippen molar-refractivity contribution in [1.82, 2.24) is 10.2 Å². The van der Waals surface area contributed by atoms with E-state index in [0.29, 0.717) is 17.1 Å². The van der Waals surface area contributed by atoms with Gasteiger partial charge in [0.05, 0.1) is 14.2 Å². The molecule has 23 heavy (non-hydrogen) atoms. The number of methoxy groups -OCH3 is 2. The van der Waals surface area contributed by atoms with Gasteiger partial charge in [0, 0.05) is 6.54 Å². The van der Waals surface area contributed by atoms with Gasteiger partial charge in [0.1, 0.15) is 5.57 Å². The van der Waals surface area contributed by atoms with Crippen molar-refractivity contribution >= 4 is 23.9 Å². The average molecular weight is 316 g/mol. The highest BCUT2D eigenvalue weighted by molar-refractivity contribution is 6.31. The predicted octanol–water partition coefficient (Wildman–Crippen LogP) is 1.35. The van der Waals surface area contributed by atoms with Crippen LogP contribution in [0.3, 0.4) is 0 Å². The second-order valence-corrected chi connectivity index (χ2v) is 4.64. The topological polar surface area (TPSA) is 84.9 Å². The van der Waals surface area contributed by atoms with Crippen LogP contribution in [0.1, 0.15) is 5.56 Å². The van der Waals surface area contributed by atoms with E-state index >= 15 is 0 Å². The lowest BCUT2D eigenvalue weighted by Crippen LogP contribution is -2.54. The van der Waals surface area contributed by atoms with Gasteiger partial charge in [-0.05, 0) is 23.8 Å². The second-order valence-electron chi connectivity index (χ2n) is 4.64. The molecule has 1 saturated heterocycles. The number of ether oxygens (including phenoxy) is 2. The normalized spacial score (nSPS) is 16.3. The van der Waals surface area contributed by atoms with Crippen molar-refractivity contribution < 1.29 is 23.9 Å². The number of amides is 4. The van der Waals surface area contributed by atoms with Crippen LogP contribution in [-0.2, 0) is 9.59 Å². The van der Waals surface area contributed by atoms with Crippen molar-refractivity contribution in [1.29, 1.82) is 0 Å². The zero-order valence-electron chi connectivity index (χ0n) is 12.8. The number of barbiturate groups is 1. The average Bonchev–Trinajstić information content (AvgIpc) is 2.55. The molecule has 0 unspecified atom stereocenters. The number of rotatable bonds is 5. The van der Waals surface area contributed by atoms with Gasteiger partial charge in [0.15, 0.2) is 11.5 Å². The SMILES string of the molecule is C=CCN1C(=O)NC(=O)/C(=C/c2ccc(OC)c(OC)c2)C1=O. The maximum Gasteiger partial charge on any atom is 0.331 e. The predicted molar refractivity (Wildman–Crippen MR) is 83.0 cm³/mol. The molecule has 0 spiro atoms. The maximum atomic E-state index is 12.3. The van der Waals surface area contributed by atoms with Gasteiger partial charge < -0.3 is 9.47 Å². The summed E-state index contributed by atoms with van der Waals surface area (Å²) in [7, 11) is 2.99. The van der Waals surface area contributed by atoms with Gasteiger partial charge in [-0.1, -0.05) is 12.1 Å². The van der Waals surface area contributed by atoms with Gasteiger partial charge in [-0.2, -0.15) is 0 Å². The second kappa shape index (κ2) is 6.78. The molecule has 4 amide bonds. The lowest BCUT2D eigenvalue weighted by atomic mass is 10.1. The summed E-state index contributed by atoms with van der Waals surface area (Å²) in [5.41, 5.74) is 0.424. The fourth-order valence-corrected chi connectivity index (χ4v) is 2.10. The Morgan fingerprint density at radius 3 is 2.48 bits per heavy atom. The van der Waals surface area contributed by atoms with E-state index in [9.17, 15) is 14.4 Å². The summed E-state index contributed by atoms with van der Waals surface area (Å²) in [6.07, 6.45) is 2.80. The lowest BCUT2D eigenvalue weighted by molar-refractivity contribution is -0.129. The summed E-state index contributed by atoms with van der Waals surface area (Å²) in [5, 5.41) is 2.12. The number of imide groups is 2. The molecule has 1 aliphatic heterocycles. The van der Waals surface area contributed by atoms with E-state index in [2.05, 4.69) is 11.9 Å². The molecule has 1 N–H and O–H groups in total. The molecule has 0 aromatic heterocycles. The van der Waals surface area contributed by atoms with E-state index in [-0.39, 0.29) is 12.1 Å². The minimum absolute atomic E-state index is 0.0151. The first-order valence-electron chi connectivity index (χ1n) is 6.73. The van der Waals surface area contributed by atoms with Crippen LogP contribution in [0, 0.1) is 0 Å². The number of nitrogens with one attached hydrogen (secondary N) is 1. The Labute approximate surface area is 133 Å². The minimum atomic E-state index is -0.760. The van der Waals surface area contributed by atoms with Crippen molar-refractivity contribution in [2.45, 2.75) is 0 Å². The van der Waals surface area contributed by atoms with E-state index in [4.69, 9.17) is 9.47 Å². The summed E-state index contributed by atoms with van der Waals surface area (Å²) in [6, 6.07) is 4.19. The van der Waals surface area contributed by atoms with Gasteiger partial charge in [-0.3, -0.25) is 19.8 Å². The molecule has 1 fully saturated rings. The van der Waals surface area contributed by atoms with Gasteiger partial charge >= 0.3 is 6.03 Å². The number of benzene rings is 1. The maximum absolute atomic E-state index is 12.3. The zero-order valence-corrected chi connectivity index (χ0v) is 12.8. The smallest absolute Gasteiger partial charge is 0.331 e. The molecule has 0 saturated carbocycles. The number of urea groups is 1. The molecule has 2 rings (SSSR count). The summed E-state index contributed by atoms with van der Waals surface area (Å²) in [5.74, 6) is -0.425. The van der Waals surface area contributed by atoms with Crippen molar-refractivity contribution in [2.24, 2.45) is 0 Å². The third kappa shape index (κ3) is 3.23. The molecule has 0 bridgehead atoms. The first-order valence-corrected chi connectivity index (χ1v) is 6.73. The zero-order chi connectivity index (χ0) is 17.0. The molecule has 1 heterocycles. The molecule has 0 atom stereocenters. The quantitative estimate of drug-likeness (QED) is 0.503. The highest BCUT2D eigenvalue weighted by Gasteiger charge is 2.34. The van der Waals surface area contributed by atoms with Crippen LogP contribution < -0.4 is 14.8 Å². The van der Waals surface area contributed by atoms with Gasteiger partial charge in [0.2, 0.25) is 0 Å². The number of nitrogens with zero attached hydrogens (tertiary/aromatic N) is 1. The number of hydrogen-bond donors (Lipinski definition) is 1. The Morgan fingerprint density at radius 2 is 1.87 bits per heavy atom. The van der Waals surface area contributed by atoms with E-state index < -0.39 is 17.8 Å². The summed E-state index contributed by atoms with van der Waals surface area (Å²) < 4.78 is 10.3. The largest absolute Gasteiger partial charge is 0.493 e. The lowest BCUT2D eigenvalue weighted by Gasteiger charge is -2.25. The van der Waals surface area contributed by atoms with E-state index in [1.807, 2.05) is 0 Å². The van der Waals surface area contributed by atoms with Crippen molar-refractivity contribution in [2.75, 3.05) is 20.8 Å². The van der Waals surface area contributed by atoms with E-state index in [1.165, 1.54) is 26.4 Å². The van der Waals surface area contributed by atoms with Crippen LogP contribution in [0.15, 0.2) is 36.4 Å². The Hall–Kier alpha value is -3.09. The van der Waals surface area contributed by atoms with E-state index in [0.717, 1.165) is 4.90 Å². The minimum Gasteiger partial charge on any atom is -0.493 e. The molecular weight excluding hydrogens is 300 g/mol. The van der Waals surface area contributed by atoms with Crippen molar-refractivity contribution in [3.05, 3.63) is 42.0 Å².